The Bertz CT molecular complexity index is 1170. The molecule has 0 saturated heterocycles. The summed E-state index contributed by atoms with van der Waals surface area (Å²) < 4.78 is 10.8. The van der Waals surface area contributed by atoms with Gasteiger partial charge in [0.2, 0.25) is 6.54 Å². The Morgan fingerprint density at radius 2 is 2.17 bits per heavy atom. The van der Waals surface area contributed by atoms with Crippen molar-refractivity contribution in [2.75, 3.05) is 20.3 Å². The normalized spacial score (nSPS) is 17.2. The van der Waals surface area contributed by atoms with Crippen LogP contribution in [0, 0.1) is 30.7 Å². The number of rotatable bonds is 5. The number of aliphatic imine (C=N–C) groups is 1. The fraction of sp³-hybridized carbons (Fsp3) is 0.318. The number of nitrogens with one attached hydrogen (secondary N) is 1. The van der Waals surface area contributed by atoms with Crippen LogP contribution in [0.3, 0.4) is 0 Å². The van der Waals surface area contributed by atoms with E-state index in [9.17, 15) is 14.9 Å². The highest BCUT2D eigenvalue weighted by molar-refractivity contribution is 6.05. The minimum absolute atomic E-state index is 0.0413. The van der Waals surface area contributed by atoms with Crippen LogP contribution in [0.1, 0.15) is 35.1 Å². The predicted molar refractivity (Wildman–Crippen MR) is 110 cm³/mol. The van der Waals surface area contributed by atoms with Gasteiger partial charge < -0.3 is 19.3 Å². The second-order valence-corrected chi connectivity index (χ2v) is 6.89. The summed E-state index contributed by atoms with van der Waals surface area (Å²) in [5.41, 5.74) is 2.74. The van der Waals surface area contributed by atoms with Gasteiger partial charge in [0.15, 0.2) is 6.61 Å². The number of hydrogen-bond acceptors (Lipinski definition) is 6. The average Bonchev–Trinajstić information content (AvgIpc) is 2.75. The Morgan fingerprint density at radius 1 is 1.40 bits per heavy atom. The van der Waals surface area contributed by atoms with Crippen molar-refractivity contribution in [2.24, 2.45) is 10.9 Å². The molecule has 1 aromatic carbocycles. The fourth-order valence-corrected chi connectivity index (χ4v) is 3.69. The highest BCUT2D eigenvalue weighted by Crippen LogP contribution is 2.45. The second-order valence-electron chi connectivity index (χ2n) is 6.89. The molecule has 1 aromatic heterocycles. The number of pyridine rings is 1. The molecule has 0 saturated carbocycles. The lowest BCUT2D eigenvalue weighted by Crippen LogP contribution is -2.37. The van der Waals surface area contributed by atoms with E-state index in [4.69, 9.17) is 16.0 Å². The van der Waals surface area contributed by atoms with Crippen LogP contribution in [-0.2, 0) is 9.53 Å². The van der Waals surface area contributed by atoms with Gasteiger partial charge in [-0.3, -0.25) is 14.6 Å². The molecule has 0 radical (unpaired) electrons. The van der Waals surface area contributed by atoms with E-state index in [1.807, 2.05) is 6.92 Å². The van der Waals surface area contributed by atoms with Gasteiger partial charge in [-0.1, -0.05) is 6.07 Å². The van der Waals surface area contributed by atoms with Gasteiger partial charge in [-0.25, -0.2) is 6.57 Å². The number of benzene rings is 1. The molecule has 0 amide bonds. The zero-order valence-electron chi connectivity index (χ0n) is 16.9. The van der Waals surface area contributed by atoms with E-state index in [1.54, 1.807) is 31.3 Å². The molecule has 0 aliphatic carbocycles. The summed E-state index contributed by atoms with van der Waals surface area (Å²) in [6, 6.07) is 6.93. The van der Waals surface area contributed by atoms with E-state index in [1.165, 1.54) is 7.11 Å². The summed E-state index contributed by atoms with van der Waals surface area (Å²) in [4.78, 5) is 36.3. The van der Waals surface area contributed by atoms with Gasteiger partial charge in [0, 0.05) is 23.4 Å². The molecule has 0 spiro atoms. The number of aromatic nitrogens is 1. The van der Waals surface area contributed by atoms with Crippen LogP contribution in [0.2, 0.25) is 0 Å². The maximum absolute atomic E-state index is 13.0. The Hall–Kier alpha value is -3.91. The number of aromatic amines is 1. The lowest BCUT2D eigenvalue weighted by atomic mass is 9.75. The highest BCUT2D eigenvalue weighted by Gasteiger charge is 2.42. The number of carbonyl (C=O) groups is 1. The van der Waals surface area contributed by atoms with E-state index in [-0.39, 0.29) is 18.7 Å². The number of esters is 1. The van der Waals surface area contributed by atoms with E-state index in [2.05, 4.69) is 20.9 Å². The summed E-state index contributed by atoms with van der Waals surface area (Å²) in [5.74, 6) is -1.76. The lowest BCUT2D eigenvalue weighted by molar-refractivity contribution is -0.146. The largest absolute Gasteiger partial charge is 0.496 e. The van der Waals surface area contributed by atoms with Crippen LogP contribution in [0.4, 0.5) is 5.69 Å². The third-order valence-electron chi connectivity index (χ3n) is 5.07. The number of nitriles is 1. The first-order valence-corrected chi connectivity index (χ1v) is 9.28. The first-order valence-electron chi connectivity index (χ1n) is 9.28. The third-order valence-corrected chi connectivity index (χ3v) is 5.07. The van der Waals surface area contributed by atoms with E-state index in [0.717, 1.165) is 5.56 Å². The number of carbonyl (C=O) groups excluding carboxylic acids is 1. The van der Waals surface area contributed by atoms with Crippen LogP contribution < -0.4 is 10.3 Å². The molecular formula is C22H20N4O4. The van der Waals surface area contributed by atoms with Crippen LogP contribution in [-0.4, -0.2) is 36.9 Å². The molecule has 0 fully saturated rings. The number of H-pyrrole nitrogens is 1. The van der Waals surface area contributed by atoms with Gasteiger partial charge in [-0.2, -0.15) is 5.26 Å². The third kappa shape index (κ3) is 3.68. The van der Waals surface area contributed by atoms with Crippen LogP contribution >= 0.6 is 0 Å². The van der Waals surface area contributed by atoms with Crippen molar-refractivity contribution in [3.8, 4) is 11.8 Å². The zero-order chi connectivity index (χ0) is 21.8. The maximum Gasteiger partial charge on any atom is 0.315 e. The topological polar surface area (TPSA) is 109 Å². The predicted octanol–water partition coefficient (Wildman–Crippen LogP) is 2.88. The molecule has 3 rings (SSSR count). The smallest absolute Gasteiger partial charge is 0.315 e. The Balaban J connectivity index is 2.25. The molecule has 1 aliphatic heterocycles. The van der Waals surface area contributed by atoms with Crippen molar-refractivity contribution in [1.82, 2.24) is 4.98 Å². The minimum Gasteiger partial charge on any atom is -0.496 e. The Kier molecular flexibility index (Phi) is 5.98. The minimum atomic E-state index is -0.868. The van der Waals surface area contributed by atoms with E-state index < -0.39 is 17.8 Å². The van der Waals surface area contributed by atoms with Crippen molar-refractivity contribution in [1.29, 1.82) is 5.26 Å². The number of nitrogens with zero attached hydrogens (tertiary/aromatic N) is 3. The van der Waals surface area contributed by atoms with Crippen molar-refractivity contribution < 1.29 is 14.3 Å². The molecule has 152 valence electrons. The molecule has 30 heavy (non-hydrogen) atoms. The Morgan fingerprint density at radius 3 is 2.83 bits per heavy atom. The summed E-state index contributed by atoms with van der Waals surface area (Å²) in [7, 11) is 1.47. The number of fused-ring (bicyclic) bond motifs is 1. The number of hydrogen-bond donors (Lipinski definition) is 1. The van der Waals surface area contributed by atoms with E-state index >= 15 is 0 Å². The number of ether oxygens (including phenoxy) is 2. The fourth-order valence-electron chi connectivity index (χ4n) is 3.69. The van der Waals surface area contributed by atoms with Gasteiger partial charge in [-0.15, -0.1) is 0 Å². The summed E-state index contributed by atoms with van der Waals surface area (Å²) in [6.45, 7) is 10.4. The summed E-state index contributed by atoms with van der Waals surface area (Å²) in [5, 5.41) is 9.22. The highest BCUT2D eigenvalue weighted by atomic mass is 16.5. The van der Waals surface area contributed by atoms with Gasteiger partial charge in [0.1, 0.15) is 11.7 Å². The van der Waals surface area contributed by atoms with E-state index in [0.29, 0.717) is 33.8 Å². The molecule has 1 N–H and O–H groups in total. The van der Waals surface area contributed by atoms with Crippen molar-refractivity contribution >= 4 is 17.4 Å². The molecule has 2 atom stereocenters. The first kappa shape index (κ1) is 20.8. The van der Waals surface area contributed by atoms with Crippen LogP contribution in [0.5, 0.6) is 5.75 Å². The first-order chi connectivity index (χ1) is 14.4. The van der Waals surface area contributed by atoms with Gasteiger partial charge in [-0.05, 0) is 31.5 Å². The molecule has 8 nitrogen and oxygen atoms in total. The quantitative estimate of drug-likeness (QED) is 0.468. The van der Waals surface area contributed by atoms with Gasteiger partial charge in [0.25, 0.3) is 5.56 Å². The SMILES string of the molecule is [C-]#[N+]CCOC(=O)C1C(C)=Nc2c(C)c[nH]c(=O)c2C1c1ccc(C#N)cc1OC. The standard InChI is InChI=1S/C22H20N4O4/c1-12-11-25-21(27)19-18(15-6-5-14(10-23)9-16(15)29-4)17(13(2)26-20(12)19)22(28)30-8-7-24-3/h5-6,9,11,17-18H,7-8H2,1-2,4H3,(H,25,27). The molecular weight excluding hydrogens is 384 g/mol. The molecule has 8 heteroatoms. The Labute approximate surface area is 173 Å². The average molecular weight is 404 g/mol. The van der Waals surface area contributed by atoms with Gasteiger partial charge >= 0.3 is 5.97 Å². The maximum atomic E-state index is 13.0. The summed E-state index contributed by atoms with van der Waals surface area (Å²) >= 11 is 0. The van der Waals surface area contributed by atoms with Crippen LogP contribution in [0.15, 0.2) is 34.2 Å². The zero-order valence-corrected chi connectivity index (χ0v) is 16.9. The summed E-state index contributed by atoms with van der Waals surface area (Å²) in [6.07, 6.45) is 1.58. The van der Waals surface area contributed by atoms with Crippen molar-refractivity contribution in [3.63, 3.8) is 0 Å². The molecule has 1 aliphatic rings. The van der Waals surface area contributed by atoms with Crippen LogP contribution in [0.25, 0.3) is 4.85 Å². The molecule has 2 unspecified atom stereocenters. The van der Waals surface area contributed by atoms with Crippen molar-refractivity contribution in [3.05, 3.63) is 68.4 Å². The molecule has 2 aromatic rings. The monoisotopic (exact) mass is 404 g/mol. The number of methoxy groups -OCH3 is 1. The van der Waals surface area contributed by atoms with Crippen molar-refractivity contribution in [2.45, 2.75) is 19.8 Å². The number of aryl methyl sites for hydroxylation is 1. The lowest BCUT2D eigenvalue weighted by Gasteiger charge is -2.31. The molecule has 0 bridgehead atoms. The second kappa shape index (κ2) is 8.62. The van der Waals surface area contributed by atoms with Gasteiger partial charge in [0.05, 0.1) is 30.0 Å². The molecule has 2 heterocycles.